The zero-order valence-electron chi connectivity index (χ0n) is 4.96. The van der Waals surface area contributed by atoms with Crippen LogP contribution in [0.5, 0.6) is 0 Å². The molecule has 0 N–H and O–H groups in total. The van der Waals surface area contributed by atoms with Gasteiger partial charge in [-0.1, -0.05) is 0 Å². The average molecular weight is 109 g/mol. The van der Waals surface area contributed by atoms with E-state index in [1.54, 1.807) is 6.33 Å². The topological polar surface area (TPSA) is 17.8 Å². The maximum Gasteiger partial charge on any atom is 0.0949 e. The molecule has 2 heteroatoms. The first-order chi connectivity index (χ1) is 3.83. The highest BCUT2D eigenvalue weighted by molar-refractivity contribution is 4.99. The SMILES string of the molecule is [CH2]c1cn(CC)cn1. The Bertz CT molecular complexity index is 167. The van der Waals surface area contributed by atoms with Crippen LogP contribution in [0.3, 0.4) is 0 Å². The molecule has 0 atom stereocenters. The van der Waals surface area contributed by atoms with Gasteiger partial charge in [0.25, 0.3) is 0 Å². The van der Waals surface area contributed by atoms with Crippen molar-refractivity contribution in [2.75, 3.05) is 0 Å². The number of hydrogen-bond acceptors (Lipinski definition) is 1. The Morgan fingerprint density at radius 1 is 1.88 bits per heavy atom. The summed E-state index contributed by atoms with van der Waals surface area (Å²) in [6.07, 6.45) is 3.70. The highest BCUT2D eigenvalue weighted by Crippen LogP contribution is 1.90. The molecular weight excluding hydrogens is 100 g/mol. The highest BCUT2D eigenvalue weighted by atomic mass is 15.0. The van der Waals surface area contributed by atoms with Gasteiger partial charge >= 0.3 is 0 Å². The van der Waals surface area contributed by atoms with Crippen molar-refractivity contribution >= 4 is 0 Å². The second kappa shape index (κ2) is 1.99. The number of rotatable bonds is 1. The van der Waals surface area contributed by atoms with Crippen LogP contribution in [0.25, 0.3) is 0 Å². The van der Waals surface area contributed by atoms with Gasteiger partial charge in [-0.25, -0.2) is 4.98 Å². The van der Waals surface area contributed by atoms with E-state index in [0.29, 0.717) is 0 Å². The fourth-order valence-corrected chi connectivity index (χ4v) is 0.579. The van der Waals surface area contributed by atoms with E-state index in [-0.39, 0.29) is 0 Å². The van der Waals surface area contributed by atoms with E-state index in [2.05, 4.69) is 18.8 Å². The molecule has 0 aliphatic rings. The van der Waals surface area contributed by atoms with E-state index >= 15 is 0 Å². The summed E-state index contributed by atoms with van der Waals surface area (Å²) in [4.78, 5) is 3.94. The predicted octanol–water partition coefficient (Wildman–Crippen LogP) is 1.09. The van der Waals surface area contributed by atoms with E-state index in [0.717, 1.165) is 12.2 Å². The normalized spacial score (nSPS) is 9.75. The summed E-state index contributed by atoms with van der Waals surface area (Å²) in [5, 5.41) is 0. The molecule has 0 bridgehead atoms. The van der Waals surface area contributed by atoms with Crippen molar-refractivity contribution in [1.82, 2.24) is 9.55 Å². The van der Waals surface area contributed by atoms with E-state index < -0.39 is 0 Å². The Labute approximate surface area is 49.2 Å². The molecule has 1 aromatic heterocycles. The van der Waals surface area contributed by atoms with Crippen molar-refractivity contribution in [3.05, 3.63) is 25.1 Å². The minimum absolute atomic E-state index is 0.840. The fourth-order valence-electron chi connectivity index (χ4n) is 0.579. The number of aromatic nitrogens is 2. The summed E-state index contributed by atoms with van der Waals surface area (Å²) >= 11 is 0. The van der Waals surface area contributed by atoms with Crippen LogP contribution in [0.15, 0.2) is 12.5 Å². The summed E-state index contributed by atoms with van der Waals surface area (Å²) in [5.41, 5.74) is 0.840. The smallest absolute Gasteiger partial charge is 0.0949 e. The molecule has 1 heterocycles. The lowest BCUT2D eigenvalue weighted by Gasteiger charge is -1.88. The molecule has 0 fully saturated rings. The highest BCUT2D eigenvalue weighted by Gasteiger charge is 1.86. The summed E-state index contributed by atoms with van der Waals surface area (Å²) < 4.78 is 1.99. The molecular formula is C6H9N2. The summed E-state index contributed by atoms with van der Waals surface area (Å²) in [5.74, 6) is 0. The first-order valence-corrected chi connectivity index (χ1v) is 2.66. The van der Waals surface area contributed by atoms with Crippen LogP contribution in [-0.4, -0.2) is 9.55 Å². The number of aryl methyl sites for hydroxylation is 1. The molecule has 1 rings (SSSR count). The first kappa shape index (κ1) is 5.35. The van der Waals surface area contributed by atoms with Crippen LogP contribution in [0.4, 0.5) is 0 Å². The molecule has 1 aromatic rings. The van der Waals surface area contributed by atoms with Crippen molar-refractivity contribution in [2.45, 2.75) is 13.5 Å². The van der Waals surface area contributed by atoms with Gasteiger partial charge in [-0.2, -0.15) is 0 Å². The zero-order chi connectivity index (χ0) is 5.98. The summed E-state index contributed by atoms with van der Waals surface area (Å²) in [6, 6.07) is 0. The third kappa shape index (κ3) is 0.886. The van der Waals surface area contributed by atoms with Crippen LogP contribution in [0.1, 0.15) is 12.6 Å². The minimum Gasteiger partial charge on any atom is -0.337 e. The lowest BCUT2D eigenvalue weighted by molar-refractivity contribution is 0.761. The Hall–Kier alpha value is -0.790. The Morgan fingerprint density at radius 2 is 2.62 bits per heavy atom. The Balaban J connectivity index is 2.84. The Morgan fingerprint density at radius 3 is 2.88 bits per heavy atom. The Kier molecular flexibility index (Phi) is 1.33. The standard InChI is InChI=1S/C6H9N2/c1-3-8-4-6(2)7-5-8/h4-5H,2-3H2,1H3. The van der Waals surface area contributed by atoms with Gasteiger partial charge in [0.05, 0.1) is 12.0 Å². The van der Waals surface area contributed by atoms with E-state index in [1.165, 1.54) is 0 Å². The van der Waals surface area contributed by atoms with Crippen molar-refractivity contribution < 1.29 is 0 Å². The van der Waals surface area contributed by atoms with Crippen LogP contribution in [0.2, 0.25) is 0 Å². The number of hydrogen-bond donors (Lipinski definition) is 0. The molecule has 0 saturated carbocycles. The number of nitrogens with zero attached hydrogens (tertiary/aromatic N) is 2. The molecule has 0 aliphatic carbocycles. The second-order valence-electron chi connectivity index (χ2n) is 1.70. The molecule has 0 saturated heterocycles. The molecule has 0 aromatic carbocycles. The molecule has 0 amide bonds. The lowest BCUT2D eigenvalue weighted by Crippen LogP contribution is -1.86. The maximum absolute atomic E-state index is 3.94. The van der Waals surface area contributed by atoms with Crippen molar-refractivity contribution in [3.63, 3.8) is 0 Å². The largest absolute Gasteiger partial charge is 0.337 e. The van der Waals surface area contributed by atoms with Gasteiger partial charge in [0, 0.05) is 12.7 Å². The van der Waals surface area contributed by atoms with Crippen molar-refractivity contribution in [3.8, 4) is 0 Å². The van der Waals surface area contributed by atoms with Gasteiger partial charge in [0.1, 0.15) is 0 Å². The maximum atomic E-state index is 3.94. The van der Waals surface area contributed by atoms with E-state index in [1.807, 2.05) is 10.8 Å². The second-order valence-corrected chi connectivity index (χ2v) is 1.70. The molecule has 1 radical (unpaired) electrons. The van der Waals surface area contributed by atoms with Gasteiger partial charge in [0.2, 0.25) is 0 Å². The van der Waals surface area contributed by atoms with Crippen LogP contribution < -0.4 is 0 Å². The molecule has 0 unspecified atom stereocenters. The quantitative estimate of drug-likeness (QED) is 0.527. The van der Waals surface area contributed by atoms with Crippen molar-refractivity contribution in [1.29, 1.82) is 0 Å². The van der Waals surface area contributed by atoms with Crippen LogP contribution in [-0.2, 0) is 6.54 Å². The lowest BCUT2D eigenvalue weighted by atomic mass is 10.6. The average Bonchev–Trinajstić information content (AvgIpc) is 2.14. The minimum atomic E-state index is 0.840. The zero-order valence-corrected chi connectivity index (χ0v) is 4.96. The third-order valence-corrected chi connectivity index (χ3v) is 1.05. The van der Waals surface area contributed by atoms with E-state index in [9.17, 15) is 0 Å². The van der Waals surface area contributed by atoms with Gasteiger partial charge in [-0.05, 0) is 13.8 Å². The predicted molar refractivity (Wildman–Crippen MR) is 32.4 cm³/mol. The summed E-state index contributed by atoms with van der Waals surface area (Å²) in [7, 11) is 0. The molecule has 0 spiro atoms. The van der Waals surface area contributed by atoms with Crippen molar-refractivity contribution in [2.24, 2.45) is 0 Å². The van der Waals surface area contributed by atoms with Gasteiger partial charge in [-0.15, -0.1) is 0 Å². The molecule has 2 nitrogen and oxygen atoms in total. The van der Waals surface area contributed by atoms with Gasteiger partial charge < -0.3 is 4.57 Å². The first-order valence-electron chi connectivity index (χ1n) is 2.66. The molecule has 0 aliphatic heterocycles. The van der Waals surface area contributed by atoms with Crippen LogP contribution >= 0.6 is 0 Å². The van der Waals surface area contributed by atoms with Crippen LogP contribution in [0, 0.1) is 6.92 Å². The van der Waals surface area contributed by atoms with E-state index in [4.69, 9.17) is 0 Å². The summed E-state index contributed by atoms with van der Waals surface area (Å²) in [6.45, 7) is 6.70. The van der Waals surface area contributed by atoms with Gasteiger partial charge in [0.15, 0.2) is 0 Å². The monoisotopic (exact) mass is 109 g/mol. The number of imidazole rings is 1. The van der Waals surface area contributed by atoms with Gasteiger partial charge in [-0.3, -0.25) is 0 Å². The fraction of sp³-hybridized carbons (Fsp3) is 0.333. The molecule has 43 valence electrons. The third-order valence-electron chi connectivity index (χ3n) is 1.05. The molecule has 8 heavy (non-hydrogen) atoms.